The summed E-state index contributed by atoms with van der Waals surface area (Å²) in [5, 5.41) is 35.9. The number of thioether (sulfide) groups is 1. The molecule has 0 bridgehead atoms. The Kier molecular flexibility index (Phi) is 5.00. The van der Waals surface area contributed by atoms with Gasteiger partial charge in [-0.1, -0.05) is 0 Å². The fourth-order valence-corrected chi connectivity index (χ4v) is 2.41. The first-order chi connectivity index (χ1) is 7.47. The first-order valence-corrected chi connectivity index (χ1v) is 5.95. The number of hydrogen-bond donors (Lipinski definition) is 4. The molecular weight excluding hydrogens is 234 g/mol. The number of nitrogens with one attached hydrogen (secondary N) is 1. The van der Waals surface area contributed by atoms with Gasteiger partial charge in [-0.3, -0.25) is 5.41 Å². The summed E-state index contributed by atoms with van der Waals surface area (Å²) in [4.78, 5) is 0. The summed E-state index contributed by atoms with van der Waals surface area (Å²) in [5.41, 5.74) is -0.663. The highest BCUT2D eigenvalue weighted by Gasteiger charge is 2.41. The van der Waals surface area contributed by atoms with E-state index in [9.17, 15) is 15.3 Å². The van der Waals surface area contributed by atoms with Gasteiger partial charge < -0.3 is 24.8 Å². The maximum atomic E-state index is 9.64. The smallest absolute Gasteiger partial charge is 0.190 e. The summed E-state index contributed by atoms with van der Waals surface area (Å²) in [5.74, 6) is 0.308. The second-order valence-corrected chi connectivity index (χ2v) is 4.71. The molecule has 0 amide bonds. The fourth-order valence-electron chi connectivity index (χ4n) is 1.37. The van der Waals surface area contributed by atoms with Gasteiger partial charge in [0.05, 0.1) is 19.0 Å². The van der Waals surface area contributed by atoms with Crippen molar-refractivity contribution in [3.63, 3.8) is 0 Å². The quantitative estimate of drug-likeness (QED) is 0.386. The van der Waals surface area contributed by atoms with Crippen molar-refractivity contribution in [3.8, 4) is 0 Å². The lowest BCUT2D eigenvalue weighted by Gasteiger charge is -2.38. The average molecular weight is 251 g/mol. The van der Waals surface area contributed by atoms with Gasteiger partial charge in [0, 0.05) is 0 Å². The highest BCUT2D eigenvalue weighted by molar-refractivity contribution is 8.00. The highest BCUT2D eigenvalue weighted by atomic mass is 32.2. The van der Waals surface area contributed by atoms with Crippen LogP contribution in [-0.2, 0) is 9.47 Å². The first-order valence-electron chi connectivity index (χ1n) is 4.90. The van der Waals surface area contributed by atoms with Crippen molar-refractivity contribution in [1.82, 2.24) is 0 Å². The molecule has 1 heterocycles. The molecule has 1 aliphatic rings. The minimum absolute atomic E-state index is 0.0639. The van der Waals surface area contributed by atoms with Crippen LogP contribution in [0.2, 0.25) is 0 Å². The Labute approximate surface area is 98.1 Å². The predicted octanol–water partition coefficient (Wildman–Crippen LogP) is -0.829. The molecule has 0 spiro atoms. The molecule has 0 aromatic rings. The third-order valence-electron chi connectivity index (χ3n) is 2.43. The van der Waals surface area contributed by atoms with E-state index in [2.05, 4.69) is 4.74 Å². The number of methoxy groups -OCH3 is 1. The van der Waals surface area contributed by atoms with Crippen LogP contribution in [0, 0.1) is 5.41 Å². The van der Waals surface area contributed by atoms with Crippen molar-refractivity contribution < 1.29 is 24.8 Å². The van der Waals surface area contributed by atoms with Gasteiger partial charge in [-0.25, -0.2) is 0 Å². The highest BCUT2D eigenvalue weighted by Crippen LogP contribution is 2.28. The van der Waals surface area contributed by atoms with E-state index in [1.807, 2.05) is 0 Å². The summed E-state index contributed by atoms with van der Waals surface area (Å²) >= 11 is 1.15. The van der Waals surface area contributed by atoms with Crippen molar-refractivity contribution in [2.24, 2.45) is 0 Å². The molecule has 1 aliphatic heterocycles. The number of aliphatic hydroxyl groups excluding tert-OH is 3. The van der Waals surface area contributed by atoms with Gasteiger partial charge in [0.1, 0.15) is 23.7 Å². The molecule has 16 heavy (non-hydrogen) atoms. The van der Waals surface area contributed by atoms with E-state index in [1.165, 1.54) is 7.11 Å². The maximum Gasteiger partial charge on any atom is 0.190 e. The van der Waals surface area contributed by atoms with E-state index in [4.69, 9.17) is 10.1 Å². The summed E-state index contributed by atoms with van der Waals surface area (Å²) in [7, 11) is 1.39. The molecule has 94 valence electrons. The lowest BCUT2D eigenvalue weighted by Crippen LogP contribution is -2.55. The zero-order chi connectivity index (χ0) is 12.3. The van der Waals surface area contributed by atoms with E-state index in [-0.39, 0.29) is 11.7 Å². The van der Waals surface area contributed by atoms with E-state index in [0.29, 0.717) is 0 Å². The van der Waals surface area contributed by atoms with E-state index in [1.54, 1.807) is 6.92 Å². The van der Waals surface area contributed by atoms with E-state index in [0.717, 1.165) is 11.8 Å². The molecule has 1 fully saturated rings. The monoisotopic (exact) mass is 251 g/mol. The van der Waals surface area contributed by atoms with Gasteiger partial charge in [-0.2, -0.15) is 0 Å². The molecule has 6 nitrogen and oxygen atoms in total. The molecule has 4 N–H and O–H groups in total. The minimum Gasteiger partial charge on any atom is -0.484 e. The number of ether oxygens (including phenoxy) is 2. The van der Waals surface area contributed by atoms with Crippen LogP contribution in [0.1, 0.15) is 6.92 Å². The fraction of sp³-hybridized carbons (Fsp3) is 0.889. The summed E-state index contributed by atoms with van der Waals surface area (Å²) in [6, 6.07) is 0. The Morgan fingerprint density at radius 2 is 1.94 bits per heavy atom. The largest absolute Gasteiger partial charge is 0.484 e. The lowest BCUT2D eigenvalue weighted by molar-refractivity contribution is -0.192. The summed E-state index contributed by atoms with van der Waals surface area (Å²) in [6.07, 6.45) is -4.03. The van der Waals surface area contributed by atoms with Crippen LogP contribution in [0.15, 0.2) is 0 Å². The van der Waals surface area contributed by atoms with Crippen molar-refractivity contribution in [2.75, 3.05) is 12.9 Å². The van der Waals surface area contributed by atoms with Gasteiger partial charge in [-0.05, 0) is 6.92 Å². The van der Waals surface area contributed by atoms with Crippen LogP contribution in [0.25, 0.3) is 0 Å². The van der Waals surface area contributed by atoms with Crippen molar-refractivity contribution >= 4 is 17.7 Å². The van der Waals surface area contributed by atoms with Crippen LogP contribution < -0.4 is 0 Å². The molecule has 0 saturated carbocycles. The second-order valence-electron chi connectivity index (χ2n) is 3.62. The van der Waals surface area contributed by atoms with Crippen molar-refractivity contribution in [1.29, 1.82) is 5.41 Å². The molecule has 0 aliphatic carbocycles. The zero-order valence-corrected chi connectivity index (χ0v) is 9.98. The van der Waals surface area contributed by atoms with Crippen LogP contribution in [-0.4, -0.2) is 63.9 Å². The Bertz CT molecular complexity index is 252. The standard InChI is InChI=1S/C9H17NO5S/c1-4-6(11)7(12)8(13)9(15-4)16-3-5(10)14-2/h4,6-13H,3H2,1-2H3/t4-,6+,7+,8-,9?/m1/s1. The van der Waals surface area contributed by atoms with Crippen LogP contribution in [0.3, 0.4) is 0 Å². The molecular formula is C9H17NO5S. The Morgan fingerprint density at radius 3 is 2.50 bits per heavy atom. The third kappa shape index (κ3) is 3.08. The zero-order valence-electron chi connectivity index (χ0n) is 9.16. The SMILES string of the molecule is COC(=N)CSC1O[C@H](C)[C@H](O)[C@H](O)[C@H]1O. The molecule has 1 rings (SSSR count). The molecule has 0 aromatic heterocycles. The maximum absolute atomic E-state index is 9.64. The minimum atomic E-state index is -1.22. The molecule has 1 saturated heterocycles. The Balaban J connectivity index is 2.50. The van der Waals surface area contributed by atoms with Gasteiger partial charge in [0.25, 0.3) is 0 Å². The Hall–Kier alpha value is -0.340. The molecule has 0 radical (unpaired) electrons. The molecule has 0 aromatic carbocycles. The van der Waals surface area contributed by atoms with Gasteiger partial charge in [-0.15, -0.1) is 11.8 Å². The van der Waals surface area contributed by atoms with Gasteiger partial charge in [0.2, 0.25) is 0 Å². The van der Waals surface area contributed by atoms with Gasteiger partial charge in [0.15, 0.2) is 5.90 Å². The number of hydrogen-bond acceptors (Lipinski definition) is 7. The molecule has 1 unspecified atom stereocenters. The number of rotatable bonds is 3. The lowest BCUT2D eigenvalue weighted by atomic mass is 10.0. The average Bonchev–Trinajstić information content (AvgIpc) is 2.28. The van der Waals surface area contributed by atoms with Gasteiger partial charge >= 0.3 is 0 Å². The molecule has 7 heteroatoms. The van der Waals surface area contributed by atoms with Crippen LogP contribution >= 0.6 is 11.8 Å². The summed E-state index contributed by atoms with van der Waals surface area (Å²) in [6.45, 7) is 1.62. The predicted molar refractivity (Wildman–Crippen MR) is 59.5 cm³/mol. The van der Waals surface area contributed by atoms with Crippen LogP contribution in [0.4, 0.5) is 0 Å². The van der Waals surface area contributed by atoms with E-state index < -0.39 is 29.9 Å². The Morgan fingerprint density at radius 1 is 1.31 bits per heavy atom. The second kappa shape index (κ2) is 5.83. The topological polar surface area (TPSA) is 103 Å². The molecule has 5 atom stereocenters. The van der Waals surface area contributed by atoms with Crippen molar-refractivity contribution in [3.05, 3.63) is 0 Å². The summed E-state index contributed by atoms with van der Waals surface area (Å²) < 4.78 is 9.99. The first kappa shape index (κ1) is 13.7. The van der Waals surface area contributed by atoms with Crippen LogP contribution in [0.5, 0.6) is 0 Å². The van der Waals surface area contributed by atoms with Crippen molar-refractivity contribution in [2.45, 2.75) is 36.8 Å². The normalized spacial score (nSPS) is 39.4. The number of aliphatic hydroxyl groups is 3. The van der Waals surface area contributed by atoms with E-state index >= 15 is 0 Å². The third-order valence-corrected chi connectivity index (χ3v) is 3.58.